The van der Waals surface area contributed by atoms with Crippen molar-refractivity contribution in [3.05, 3.63) is 73.0 Å². The summed E-state index contributed by atoms with van der Waals surface area (Å²) >= 11 is 0. The molecule has 1 aliphatic rings. The van der Waals surface area contributed by atoms with E-state index in [-0.39, 0.29) is 11.7 Å². The second kappa shape index (κ2) is 11.0. The summed E-state index contributed by atoms with van der Waals surface area (Å²) in [6.07, 6.45) is 7.08. The van der Waals surface area contributed by atoms with Crippen LogP contribution in [0.3, 0.4) is 0 Å². The number of anilines is 3. The fourth-order valence-corrected chi connectivity index (χ4v) is 3.00. The molecule has 0 radical (unpaired) electrons. The highest BCUT2D eigenvalue weighted by Gasteiger charge is 2.12. The lowest BCUT2D eigenvalue weighted by Crippen LogP contribution is -2.31. The molecule has 0 spiro atoms. The van der Waals surface area contributed by atoms with Crippen molar-refractivity contribution in [2.75, 3.05) is 36.9 Å². The third-order valence-corrected chi connectivity index (χ3v) is 4.74. The van der Waals surface area contributed by atoms with Crippen molar-refractivity contribution in [2.24, 2.45) is 4.99 Å². The summed E-state index contributed by atoms with van der Waals surface area (Å²) in [5, 5.41) is 5.97. The Bertz CT molecular complexity index is 964. The Labute approximate surface area is 181 Å². The van der Waals surface area contributed by atoms with Gasteiger partial charge in [-0.2, -0.15) is 0 Å². The molecule has 2 heterocycles. The standard InChI is InChI=1S/C23H26FN5O2/c1-3-18(15-26-17(2)29-11-4-13-31-14-12-29)23(30)28-21-9-10-25-16-22(21)27-20-7-5-19(24)6-8-20/h3,5-10,15-16,27H,1,4,11-14H2,2H3,(H,25,28,30)/b18-15+,26-17?. The first-order chi connectivity index (χ1) is 15.1. The number of aliphatic imine (C=N–C) groups is 1. The zero-order valence-corrected chi connectivity index (χ0v) is 17.5. The summed E-state index contributed by atoms with van der Waals surface area (Å²) in [7, 11) is 0. The van der Waals surface area contributed by atoms with Crippen molar-refractivity contribution in [1.82, 2.24) is 9.88 Å². The number of hydrogen-bond acceptors (Lipinski definition) is 5. The number of carbonyl (C=O) groups excluding carboxylic acids is 1. The van der Waals surface area contributed by atoms with Crippen LogP contribution < -0.4 is 10.6 Å². The van der Waals surface area contributed by atoms with E-state index in [2.05, 4.69) is 32.1 Å². The Morgan fingerprint density at radius 1 is 1.23 bits per heavy atom. The van der Waals surface area contributed by atoms with Gasteiger partial charge in [0.05, 0.1) is 29.8 Å². The molecule has 1 saturated heterocycles. The molecule has 3 rings (SSSR count). The number of carbonyl (C=O) groups is 1. The van der Waals surface area contributed by atoms with E-state index >= 15 is 0 Å². The molecule has 0 saturated carbocycles. The maximum atomic E-state index is 13.1. The number of ether oxygens (including phenoxy) is 1. The van der Waals surface area contributed by atoms with Crippen LogP contribution in [0.4, 0.5) is 21.5 Å². The lowest BCUT2D eigenvalue weighted by atomic mass is 10.2. The average molecular weight is 423 g/mol. The summed E-state index contributed by atoms with van der Waals surface area (Å²) in [4.78, 5) is 23.5. The molecular formula is C23H26FN5O2. The number of pyridine rings is 1. The maximum absolute atomic E-state index is 13.1. The second-order valence-corrected chi connectivity index (χ2v) is 6.93. The predicted molar refractivity (Wildman–Crippen MR) is 121 cm³/mol. The molecule has 0 atom stereocenters. The van der Waals surface area contributed by atoms with E-state index in [9.17, 15) is 9.18 Å². The minimum absolute atomic E-state index is 0.324. The third-order valence-electron chi connectivity index (χ3n) is 4.74. The highest BCUT2D eigenvalue weighted by Crippen LogP contribution is 2.25. The first kappa shape index (κ1) is 22.2. The highest BCUT2D eigenvalue weighted by atomic mass is 19.1. The molecular weight excluding hydrogens is 397 g/mol. The number of aromatic nitrogens is 1. The first-order valence-corrected chi connectivity index (χ1v) is 10.0. The number of amidine groups is 1. The molecule has 1 fully saturated rings. The summed E-state index contributed by atoms with van der Waals surface area (Å²) < 4.78 is 18.6. The van der Waals surface area contributed by atoms with Crippen LogP contribution in [0, 0.1) is 5.82 Å². The molecule has 2 N–H and O–H groups in total. The van der Waals surface area contributed by atoms with Crippen molar-refractivity contribution < 1.29 is 13.9 Å². The lowest BCUT2D eigenvalue weighted by molar-refractivity contribution is -0.112. The molecule has 0 unspecified atom stereocenters. The van der Waals surface area contributed by atoms with Crippen molar-refractivity contribution in [2.45, 2.75) is 13.3 Å². The molecule has 0 bridgehead atoms. The largest absolute Gasteiger partial charge is 0.380 e. The van der Waals surface area contributed by atoms with Gasteiger partial charge in [0.1, 0.15) is 11.7 Å². The smallest absolute Gasteiger partial charge is 0.257 e. The van der Waals surface area contributed by atoms with E-state index in [0.29, 0.717) is 29.2 Å². The van der Waals surface area contributed by atoms with Gasteiger partial charge < -0.3 is 20.3 Å². The van der Waals surface area contributed by atoms with Crippen LogP contribution in [-0.2, 0) is 9.53 Å². The van der Waals surface area contributed by atoms with Gasteiger partial charge in [-0.15, -0.1) is 0 Å². The highest BCUT2D eigenvalue weighted by molar-refractivity contribution is 6.07. The Kier molecular flexibility index (Phi) is 7.89. The third kappa shape index (κ3) is 6.48. The molecule has 7 nitrogen and oxygen atoms in total. The van der Waals surface area contributed by atoms with Crippen molar-refractivity contribution in [3.8, 4) is 0 Å². The molecule has 31 heavy (non-hydrogen) atoms. The SMILES string of the molecule is C=C/C(=C\N=C(C)N1CCCOCC1)C(=O)Nc1ccncc1Nc1ccc(F)cc1. The number of hydrogen-bond donors (Lipinski definition) is 2. The first-order valence-electron chi connectivity index (χ1n) is 10.0. The van der Waals surface area contributed by atoms with Gasteiger partial charge in [0.25, 0.3) is 5.91 Å². The topological polar surface area (TPSA) is 78.8 Å². The number of benzene rings is 1. The number of nitrogens with zero attached hydrogens (tertiary/aromatic N) is 3. The number of amides is 1. The van der Waals surface area contributed by atoms with Crippen LogP contribution in [0.5, 0.6) is 0 Å². The summed E-state index contributed by atoms with van der Waals surface area (Å²) in [5.74, 6) is 0.147. The molecule has 1 aromatic heterocycles. The van der Waals surface area contributed by atoms with Gasteiger partial charge in [-0.1, -0.05) is 12.7 Å². The maximum Gasteiger partial charge on any atom is 0.257 e. The van der Waals surface area contributed by atoms with Crippen LogP contribution in [0.1, 0.15) is 13.3 Å². The van der Waals surface area contributed by atoms with Gasteiger partial charge in [0, 0.05) is 37.8 Å². The number of halogens is 1. The Morgan fingerprint density at radius 3 is 2.81 bits per heavy atom. The predicted octanol–water partition coefficient (Wildman–Crippen LogP) is 4.11. The van der Waals surface area contributed by atoms with Crippen molar-refractivity contribution in [3.63, 3.8) is 0 Å². The van der Waals surface area contributed by atoms with Crippen molar-refractivity contribution >= 4 is 28.8 Å². The number of nitrogens with one attached hydrogen (secondary N) is 2. The van der Waals surface area contributed by atoms with Gasteiger partial charge >= 0.3 is 0 Å². The monoisotopic (exact) mass is 423 g/mol. The molecule has 0 aliphatic carbocycles. The Balaban J connectivity index is 1.71. The fraction of sp³-hybridized carbons (Fsp3) is 0.261. The Hall–Kier alpha value is -3.52. The zero-order chi connectivity index (χ0) is 22.1. The van der Waals surface area contributed by atoms with Crippen LogP contribution in [0.15, 0.2) is 72.1 Å². The molecule has 8 heteroatoms. The minimum Gasteiger partial charge on any atom is -0.380 e. The average Bonchev–Trinajstić information content (AvgIpc) is 3.07. The lowest BCUT2D eigenvalue weighted by Gasteiger charge is -2.20. The molecule has 2 aromatic rings. The quantitative estimate of drug-likeness (QED) is 0.316. The minimum atomic E-state index is -0.348. The van der Waals surface area contributed by atoms with Gasteiger partial charge in [-0.05, 0) is 43.7 Å². The molecule has 1 amide bonds. The van der Waals surface area contributed by atoms with E-state index < -0.39 is 0 Å². The van der Waals surface area contributed by atoms with Gasteiger partial charge in [0.2, 0.25) is 0 Å². The van der Waals surface area contributed by atoms with Gasteiger partial charge in [-0.3, -0.25) is 9.78 Å². The van der Waals surface area contributed by atoms with Gasteiger partial charge in [-0.25, -0.2) is 9.38 Å². The van der Waals surface area contributed by atoms with Gasteiger partial charge in [0.15, 0.2) is 0 Å². The fourth-order valence-electron chi connectivity index (χ4n) is 3.00. The second-order valence-electron chi connectivity index (χ2n) is 6.93. The molecule has 162 valence electrons. The molecule has 1 aromatic carbocycles. The molecule has 1 aliphatic heterocycles. The number of rotatable bonds is 6. The van der Waals surface area contributed by atoms with E-state index in [4.69, 9.17) is 4.74 Å². The van der Waals surface area contributed by atoms with E-state index in [1.165, 1.54) is 24.4 Å². The van der Waals surface area contributed by atoms with E-state index in [1.54, 1.807) is 30.6 Å². The van der Waals surface area contributed by atoms with Crippen LogP contribution in [0.25, 0.3) is 0 Å². The van der Waals surface area contributed by atoms with Crippen molar-refractivity contribution in [1.29, 1.82) is 0 Å². The van der Waals surface area contributed by atoms with E-state index in [1.807, 2.05) is 6.92 Å². The van der Waals surface area contributed by atoms with Crippen LogP contribution >= 0.6 is 0 Å². The van der Waals surface area contributed by atoms with Crippen LogP contribution in [0.2, 0.25) is 0 Å². The van der Waals surface area contributed by atoms with Crippen LogP contribution in [-0.4, -0.2) is 47.9 Å². The summed E-state index contributed by atoms with van der Waals surface area (Å²) in [6, 6.07) is 7.59. The summed E-state index contributed by atoms with van der Waals surface area (Å²) in [6.45, 7) is 8.70. The normalized spacial score (nSPS) is 15.2. The summed E-state index contributed by atoms with van der Waals surface area (Å²) in [5.41, 5.74) is 2.11. The Morgan fingerprint density at radius 2 is 2.03 bits per heavy atom. The zero-order valence-electron chi connectivity index (χ0n) is 17.5. The van der Waals surface area contributed by atoms with E-state index in [0.717, 1.165) is 32.0 Å².